The van der Waals surface area contributed by atoms with Gasteiger partial charge in [0.05, 0.1) is 7.11 Å². The average Bonchev–Trinajstić information content (AvgIpc) is 2.24. The summed E-state index contributed by atoms with van der Waals surface area (Å²) in [6.07, 6.45) is 0. The minimum Gasteiger partial charge on any atom is -0.496 e. The Morgan fingerprint density at radius 2 is 1.65 bits per heavy atom. The minimum absolute atomic E-state index is 0.505. The molecule has 1 aromatic rings. The lowest BCUT2D eigenvalue weighted by Crippen LogP contribution is -2.07. The fraction of sp³-hybridized carbons (Fsp3) is 0.500. The lowest BCUT2D eigenvalue weighted by molar-refractivity contribution is 0.357. The number of rotatable bonds is 4. The van der Waals surface area contributed by atoms with Gasteiger partial charge in [0.1, 0.15) is 5.76 Å². The number of aryl methyl sites for hydroxylation is 1. The molecule has 0 spiro atoms. The standard InChI is InChI=1S/C16H24O/c1-11(2)15(12(3)4)16(17-6)14-9-7-8-13(5)10-14/h7-12H,1-6H3. The second kappa shape index (κ2) is 5.90. The molecule has 0 atom stereocenters. The molecule has 1 nitrogen and oxygen atoms in total. The van der Waals surface area contributed by atoms with E-state index < -0.39 is 0 Å². The van der Waals surface area contributed by atoms with Crippen molar-refractivity contribution in [3.8, 4) is 0 Å². The highest BCUT2D eigenvalue weighted by Crippen LogP contribution is 2.30. The second-order valence-electron chi connectivity index (χ2n) is 5.17. The number of ether oxygens (including phenoxy) is 1. The quantitative estimate of drug-likeness (QED) is 0.686. The number of benzene rings is 1. The zero-order chi connectivity index (χ0) is 13.0. The van der Waals surface area contributed by atoms with Gasteiger partial charge in [-0.3, -0.25) is 0 Å². The number of hydrogen-bond donors (Lipinski definition) is 0. The third-order valence-electron chi connectivity index (χ3n) is 2.99. The normalized spacial score (nSPS) is 10.8. The van der Waals surface area contributed by atoms with Crippen LogP contribution in [0.1, 0.15) is 38.8 Å². The third kappa shape index (κ3) is 3.36. The van der Waals surface area contributed by atoms with Crippen LogP contribution in [0.5, 0.6) is 0 Å². The van der Waals surface area contributed by atoms with Gasteiger partial charge in [0.15, 0.2) is 0 Å². The molecule has 0 saturated carbocycles. The molecule has 0 saturated heterocycles. The first-order valence-corrected chi connectivity index (χ1v) is 6.32. The maximum Gasteiger partial charge on any atom is 0.125 e. The highest BCUT2D eigenvalue weighted by Gasteiger charge is 2.16. The lowest BCUT2D eigenvalue weighted by Gasteiger charge is -2.21. The minimum atomic E-state index is 0.505. The van der Waals surface area contributed by atoms with Crippen LogP contribution >= 0.6 is 0 Å². The summed E-state index contributed by atoms with van der Waals surface area (Å²) in [5, 5.41) is 0. The Kier molecular flexibility index (Phi) is 4.80. The molecule has 0 bridgehead atoms. The van der Waals surface area contributed by atoms with Gasteiger partial charge in [-0.1, -0.05) is 51.5 Å². The number of hydrogen-bond acceptors (Lipinski definition) is 1. The molecular formula is C16H24O. The van der Waals surface area contributed by atoms with Crippen molar-refractivity contribution < 1.29 is 4.74 Å². The summed E-state index contributed by atoms with van der Waals surface area (Å²) < 4.78 is 5.66. The van der Waals surface area contributed by atoms with E-state index in [1.54, 1.807) is 7.11 Å². The first-order chi connectivity index (χ1) is 7.97. The molecule has 0 aromatic heterocycles. The van der Waals surface area contributed by atoms with E-state index in [4.69, 9.17) is 4.74 Å². The Balaban J connectivity index is 3.33. The van der Waals surface area contributed by atoms with Gasteiger partial charge in [-0.25, -0.2) is 0 Å². The summed E-state index contributed by atoms with van der Waals surface area (Å²) in [5.41, 5.74) is 3.84. The Labute approximate surface area is 106 Å². The lowest BCUT2D eigenvalue weighted by atomic mass is 9.89. The van der Waals surface area contributed by atoms with E-state index in [1.165, 1.54) is 16.7 Å². The molecule has 0 radical (unpaired) electrons. The summed E-state index contributed by atoms with van der Waals surface area (Å²) in [6, 6.07) is 8.50. The maximum absolute atomic E-state index is 5.66. The summed E-state index contributed by atoms with van der Waals surface area (Å²) in [6.45, 7) is 11.0. The van der Waals surface area contributed by atoms with Crippen molar-refractivity contribution in [2.45, 2.75) is 34.6 Å². The van der Waals surface area contributed by atoms with Gasteiger partial charge in [0, 0.05) is 5.56 Å². The van der Waals surface area contributed by atoms with E-state index in [2.05, 4.69) is 58.9 Å². The van der Waals surface area contributed by atoms with Gasteiger partial charge in [0.2, 0.25) is 0 Å². The highest BCUT2D eigenvalue weighted by molar-refractivity contribution is 5.64. The molecule has 17 heavy (non-hydrogen) atoms. The van der Waals surface area contributed by atoms with Gasteiger partial charge in [-0.15, -0.1) is 0 Å². The van der Waals surface area contributed by atoms with Gasteiger partial charge in [0.25, 0.3) is 0 Å². The first-order valence-electron chi connectivity index (χ1n) is 6.32. The van der Waals surface area contributed by atoms with Crippen molar-refractivity contribution in [3.63, 3.8) is 0 Å². The van der Waals surface area contributed by atoms with E-state index >= 15 is 0 Å². The van der Waals surface area contributed by atoms with Crippen molar-refractivity contribution in [2.75, 3.05) is 7.11 Å². The van der Waals surface area contributed by atoms with Crippen molar-refractivity contribution in [3.05, 3.63) is 41.0 Å². The largest absolute Gasteiger partial charge is 0.496 e. The van der Waals surface area contributed by atoms with Crippen molar-refractivity contribution in [1.29, 1.82) is 0 Å². The van der Waals surface area contributed by atoms with Crippen LogP contribution in [0.3, 0.4) is 0 Å². The van der Waals surface area contributed by atoms with Crippen molar-refractivity contribution in [2.24, 2.45) is 11.8 Å². The van der Waals surface area contributed by atoms with Crippen molar-refractivity contribution >= 4 is 5.76 Å². The highest BCUT2D eigenvalue weighted by atomic mass is 16.5. The molecule has 0 heterocycles. The maximum atomic E-state index is 5.66. The van der Waals surface area contributed by atoms with E-state index in [0.717, 1.165) is 5.76 Å². The Morgan fingerprint density at radius 3 is 2.06 bits per heavy atom. The van der Waals surface area contributed by atoms with E-state index in [-0.39, 0.29) is 0 Å². The van der Waals surface area contributed by atoms with Crippen LogP contribution in [-0.4, -0.2) is 7.11 Å². The smallest absolute Gasteiger partial charge is 0.125 e. The molecule has 0 amide bonds. The molecule has 1 aromatic carbocycles. The predicted octanol–water partition coefficient (Wildman–Crippen LogP) is 4.66. The van der Waals surface area contributed by atoms with Crippen LogP contribution in [0.4, 0.5) is 0 Å². The zero-order valence-corrected chi connectivity index (χ0v) is 11.9. The fourth-order valence-corrected chi connectivity index (χ4v) is 2.38. The molecule has 94 valence electrons. The fourth-order valence-electron chi connectivity index (χ4n) is 2.38. The SMILES string of the molecule is COC(=C(C(C)C)C(C)C)c1cccc(C)c1. The second-order valence-corrected chi connectivity index (χ2v) is 5.17. The van der Waals surface area contributed by atoms with Gasteiger partial charge < -0.3 is 4.74 Å². The molecular weight excluding hydrogens is 208 g/mol. The third-order valence-corrected chi connectivity index (χ3v) is 2.99. The number of allylic oxidation sites excluding steroid dienone is 1. The molecule has 1 rings (SSSR count). The molecule has 0 aliphatic carbocycles. The van der Waals surface area contributed by atoms with Crippen LogP contribution in [0, 0.1) is 18.8 Å². The van der Waals surface area contributed by atoms with Crippen LogP contribution in [0.25, 0.3) is 5.76 Å². The monoisotopic (exact) mass is 232 g/mol. The molecule has 0 fully saturated rings. The van der Waals surface area contributed by atoms with E-state index in [1.807, 2.05) is 0 Å². The van der Waals surface area contributed by atoms with Crippen LogP contribution in [0.15, 0.2) is 29.8 Å². The Morgan fingerprint density at radius 1 is 1.06 bits per heavy atom. The topological polar surface area (TPSA) is 9.23 Å². The van der Waals surface area contributed by atoms with E-state index in [0.29, 0.717) is 11.8 Å². The summed E-state index contributed by atoms with van der Waals surface area (Å²) >= 11 is 0. The van der Waals surface area contributed by atoms with Crippen molar-refractivity contribution in [1.82, 2.24) is 0 Å². The van der Waals surface area contributed by atoms with Crippen LogP contribution in [0.2, 0.25) is 0 Å². The Bertz CT molecular complexity index is 390. The van der Waals surface area contributed by atoms with E-state index in [9.17, 15) is 0 Å². The Hall–Kier alpha value is -1.24. The predicted molar refractivity (Wildman–Crippen MR) is 74.8 cm³/mol. The van der Waals surface area contributed by atoms with Gasteiger partial charge in [-0.2, -0.15) is 0 Å². The van der Waals surface area contributed by atoms with Gasteiger partial charge in [-0.05, 0) is 30.4 Å². The van der Waals surface area contributed by atoms with Crippen LogP contribution < -0.4 is 0 Å². The molecule has 0 unspecified atom stereocenters. The molecule has 0 N–H and O–H groups in total. The first kappa shape index (κ1) is 13.8. The van der Waals surface area contributed by atoms with Crippen LogP contribution in [-0.2, 0) is 4.74 Å². The molecule has 0 aliphatic heterocycles. The van der Waals surface area contributed by atoms with Gasteiger partial charge >= 0.3 is 0 Å². The summed E-state index contributed by atoms with van der Waals surface area (Å²) in [5.74, 6) is 2.05. The molecule has 0 aliphatic rings. The molecule has 1 heteroatoms. The summed E-state index contributed by atoms with van der Waals surface area (Å²) in [4.78, 5) is 0. The average molecular weight is 232 g/mol. The summed E-state index contributed by atoms with van der Waals surface area (Å²) in [7, 11) is 1.77. The number of methoxy groups -OCH3 is 1. The zero-order valence-electron chi connectivity index (χ0n) is 11.9.